The monoisotopic (exact) mass is 479 g/mol. The minimum absolute atomic E-state index is 0.0151. The summed E-state index contributed by atoms with van der Waals surface area (Å²) in [4.78, 5) is 31.6. The van der Waals surface area contributed by atoms with Crippen LogP contribution in [0.5, 0.6) is 0 Å². The molecule has 11 heteroatoms. The van der Waals surface area contributed by atoms with Gasteiger partial charge in [0.15, 0.2) is 17.0 Å². The molecule has 2 aromatic heterocycles. The zero-order chi connectivity index (χ0) is 24.5. The van der Waals surface area contributed by atoms with Crippen molar-refractivity contribution >= 4 is 40.2 Å². The fourth-order valence-corrected chi connectivity index (χ4v) is 4.49. The van der Waals surface area contributed by atoms with Crippen LogP contribution in [0.25, 0.3) is 11.2 Å². The van der Waals surface area contributed by atoms with Crippen molar-refractivity contribution in [2.75, 3.05) is 61.8 Å². The van der Waals surface area contributed by atoms with E-state index in [0.717, 1.165) is 31.9 Å². The molecule has 2 aliphatic rings. The predicted molar refractivity (Wildman–Crippen MR) is 135 cm³/mol. The molecule has 0 saturated carbocycles. The molecule has 3 aromatic rings. The first-order valence-electron chi connectivity index (χ1n) is 11.7. The van der Waals surface area contributed by atoms with E-state index >= 15 is 0 Å². The van der Waals surface area contributed by atoms with E-state index < -0.39 is 12.2 Å². The van der Waals surface area contributed by atoms with Crippen LogP contribution < -0.4 is 15.5 Å². The van der Waals surface area contributed by atoms with E-state index in [9.17, 15) is 9.18 Å². The first-order valence-corrected chi connectivity index (χ1v) is 11.7. The Balaban J connectivity index is 1.35. The second kappa shape index (κ2) is 9.49. The number of anilines is 4. The SMILES string of the molecule is C=CC(=O)N1C[C@@H](F)[C@H](Nc2nc(Nc3ccc(N4CCN(C)CC4)cc3)c3ncn(C)c3n2)C1. The molecular weight excluding hydrogens is 449 g/mol. The number of rotatable bonds is 6. The standard InChI is InChI=1S/C24H30FN9O/c1-4-20(35)34-13-18(25)19(14-34)28-24-29-22(21-23(30-24)32(3)15-26-21)27-16-5-7-17(8-6-16)33-11-9-31(2)10-12-33/h4-8,15,18-19H,1,9-14H2,2-3H3,(H2,27,28,29,30)/t18-,19-/m1/s1. The number of aromatic nitrogens is 4. The molecule has 2 aliphatic heterocycles. The van der Waals surface area contributed by atoms with Gasteiger partial charge in [0.2, 0.25) is 11.9 Å². The van der Waals surface area contributed by atoms with Crippen molar-refractivity contribution in [3.8, 4) is 0 Å². The Bertz CT molecular complexity index is 1220. The number of aryl methyl sites for hydroxylation is 1. The zero-order valence-electron chi connectivity index (χ0n) is 20.0. The number of carbonyl (C=O) groups is 1. The average Bonchev–Trinajstić information content (AvgIpc) is 3.42. The number of halogens is 1. The Morgan fingerprint density at radius 2 is 1.86 bits per heavy atom. The van der Waals surface area contributed by atoms with Gasteiger partial charge in [0.05, 0.1) is 18.9 Å². The molecule has 2 fully saturated rings. The van der Waals surface area contributed by atoms with E-state index in [2.05, 4.69) is 61.1 Å². The lowest BCUT2D eigenvalue weighted by Gasteiger charge is -2.34. The van der Waals surface area contributed by atoms with E-state index in [1.165, 1.54) is 16.7 Å². The molecule has 0 unspecified atom stereocenters. The number of amides is 1. The van der Waals surface area contributed by atoms with Crippen LogP contribution in [0.15, 0.2) is 43.2 Å². The van der Waals surface area contributed by atoms with E-state index in [-0.39, 0.29) is 24.9 Å². The van der Waals surface area contributed by atoms with Gasteiger partial charge in [-0.1, -0.05) is 6.58 Å². The highest BCUT2D eigenvalue weighted by atomic mass is 19.1. The molecule has 2 atom stereocenters. The number of alkyl halides is 1. The van der Waals surface area contributed by atoms with Crippen LogP contribution in [-0.2, 0) is 11.8 Å². The summed E-state index contributed by atoms with van der Waals surface area (Å²) in [5.74, 6) is 0.512. The van der Waals surface area contributed by atoms with Crippen molar-refractivity contribution in [1.82, 2.24) is 29.3 Å². The number of fused-ring (bicyclic) bond motifs is 1. The van der Waals surface area contributed by atoms with Gasteiger partial charge in [0.1, 0.15) is 6.17 Å². The Labute approximate surface area is 203 Å². The molecule has 184 valence electrons. The second-order valence-corrected chi connectivity index (χ2v) is 9.10. The van der Waals surface area contributed by atoms with Gasteiger partial charge in [-0.05, 0) is 37.4 Å². The van der Waals surface area contributed by atoms with E-state index in [1.54, 1.807) is 10.9 Å². The first kappa shape index (κ1) is 23.0. The van der Waals surface area contributed by atoms with Gasteiger partial charge in [0, 0.05) is 51.1 Å². The van der Waals surface area contributed by atoms with E-state index in [4.69, 9.17) is 0 Å². The molecule has 1 amide bonds. The minimum atomic E-state index is -1.23. The third-order valence-electron chi connectivity index (χ3n) is 6.61. The summed E-state index contributed by atoms with van der Waals surface area (Å²) in [5.41, 5.74) is 3.29. The number of hydrogen-bond acceptors (Lipinski definition) is 8. The topological polar surface area (TPSA) is 94.5 Å². The molecule has 0 spiro atoms. The lowest BCUT2D eigenvalue weighted by atomic mass is 10.2. The lowest BCUT2D eigenvalue weighted by Crippen LogP contribution is -2.44. The molecule has 10 nitrogen and oxygen atoms in total. The summed E-state index contributed by atoms with van der Waals surface area (Å²) in [5, 5.41) is 6.42. The van der Waals surface area contributed by atoms with Gasteiger partial charge in [-0.2, -0.15) is 9.97 Å². The van der Waals surface area contributed by atoms with Crippen LogP contribution in [0.4, 0.5) is 27.5 Å². The Kier molecular flexibility index (Phi) is 6.25. The van der Waals surface area contributed by atoms with Gasteiger partial charge >= 0.3 is 0 Å². The van der Waals surface area contributed by atoms with Gasteiger partial charge in [-0.15, -0.1) is 0 Å². The smallest absolute Gasteiger partial charge is 0.246 e. The summed E-state index contributed by atoms with van der Waals surface area (Å²) in [7, 11) is 3.99. The average molecular weight is 480 g/mol. The molecule has 2 saturated heterocycles. The van der Waals surface area contributed by atoms with Crippen LogP contribution in [0, 0.1) is 0 Å². The number of benzene rings is 1. The van der Waals surface area contributed by atoms with Crippen molar-refractivity contribution in [3.05, 3.63) is 43.2 Å². The van der Waals surface area contributed by atoms with Crippen LogP contribution in [0.1, 0.15) is 0 Å². The molecule has 0 aliphatic carbocycles. The van der Waals surface area contributed by atoms with E-state index in [1.807, 2.05) is 19.2 Å². The fourth-order valence-electron chi connectivity index (χ4n) is 4.49. The third kappa shape index (κ3) is 4.76. The fraction of sp³-hybridized carbons (Fsp3) is 0.417. The van der Waals surface area contributed by atoms with Crippen molar-refractivity contribution in [2.24, 2.45) is 7.05 Å². The third-order valence-corrected chi connectivity index (χ3v) is 6.61. The number of likely N-dealkylation sites (N-methyl/N-ethyl adjacent to an activating group) is 1. The van der Waals surface area contributed by atoms with Crippen molar-refractivity contribution in [3.63, 3.8) is 0 Å². The van der Waals surface area contributed by atoms with Gasteiger partial charge in [0.25, 0.3) is 0 Å². The molecule has 2 N–H and O–H groups in total. The number of nitrogens with one attached hydrogen (secondary N) is 2. The van der Waals surface area contributed by atoms with Crippen LogP contribution in [0.2, 0.25) is 0 Å². The molecule has 4 heterocycles. The van der Waals surface area contributed by atoms with Crippen molar-refractivity contribution in [2.45, 2.75) is 12.2 Å². The Morgan fingerprint density at radius 3 is 2.57 bits per heavy atom. The molecule has 5 rings (SSSR count). The number of likely N-dealkylation sites (tertiary alicyclic amines) is 1. The summed E-state index contributed by atoms with van der Waals surface area (Å²) in [6.07, 6.45) is 1.64. The summed E-state index contributed by atoms with van der Waals surface area (Å²) >= 11 is 0. The summed E-state index contributed by atoms with van der Waals surface area (Å²) in [6, 6.07) is 7.62. The molecule has 35 heavy (non-hydrogen) atoms. The normalized spacial score (nSPS) is 20.9. The van der Waals surface area contributed by atoms with Crippen LogP contribution >= 0.6 is 0 Å². The van der Waals surface area contributed by atoms with Crippen LogP contribution in [-0.4, -0.2) is 93.8 Å². The maximum Gasteiger partial charge on any atom is 0.246 e. The Morgan fingerprint density at radius 1 is 1.11 bits per heavy atom. The summed E-state index contributed by atoms with van der Waals surface area (Å²) in [6.45, 7) is 7.83. The predicted octanol–water partition coefficient (Wildman–Crippen LogP) is 2.01. The summed E-state index contributed by atoms with van der Waals surface area (Å²) < 4.78 is 16.4. The van der Waals surface area contributed by atoms with Crippen molar-refractivity contribution in [1.29, 1.82) is 0 Å². The van der Waals surface area contributed by atoms with Crippen molar-refractivity contribution < 1.29 is 9.18 Å². The molecular formula is C24H30FN9O. The lowest BCUT2D eigenvalue weighted by molar-refractivity contribution is -0.125. The highest BCUT2D eigenvalue weighted by Gasteiger charge is 2.35. The maximum atomic E-state index is 14.6. The highest BCUT2D eigenvalue weighted by Crippen LogP contribution is 2.27. The van der Waals surface area contributed by atoms with Crippen LogP contribution in [0.3, 0.4) is 0 Å². The van der Waals surface area contributed by atoms with Gasteiger partial charge < -0.3 is 29.9 Å². The molecule has 0 radical (unpaired) electrons. The highest BCUT2D eigenvalue weighted by molar-refractivity contribution is 5.88. The zero-order valence-corrected chi connectivity index (χ0v) is 20.0. The molecule has 1 aromatic carbocycles. The first-order chi connectivity index (χ1) is 16.9. The number of imidazole rings is 1. The van der Waals surface area contributed by atoms with Gasteiger partial charge in [-0.25, -0.2) is 9.37 Å². The quantitative estimate of drug-likeness (QED) is 0.519. The number of piperazine rings is 1. The second-order valence-electron chi connectivity index (χ2n) is 9.10. The van der Waals surface area contributed by atoms with E-state index in [0.29, 0.717) is 17.0 Å². The Hall–Kier alpha value is -3.73. The molecule has 0 bridgehead atoms. The number of hydrogen-bond donors (Lipinski definition) is 2. The maximum absolute atomic E-state index is 14.6. The van der Waals surface area contributed by atoms with Gasteiger partial charge in [-0.3, -0.25) is 4.79 Å². The minimum Gasteiger partial charge on any atom is -0.369 e. The number of carbonyl (C=O) groups excluding carboxylic acids is 1. The number of nitrogens with zero attached hydrogens (tertiary/aromatic N) is 7. The largest absolute Gasteiger partial charge is 0.369 e.